The Labute approximate surface area is 199 Å². The van der Waals surface area contributed by atoms with Gasteiger partial charge in [0.2, 0.25) is 5.91 Å². The van der Waals surface area contributed by atoms with E-state index in [0.29, 0.717) is 21.4 Å². The molecular formula is C22H16N4O2S4. The first kappa shape index (κ1) is 21.1. The van der Waals surface area contributed by atoms with Crippen LogP contribution < -0.4 is 10.9 Å². The molecule has 0 saturated carbocycles. The lowest BCUT2D eigenvalue weighted by Crippen LogP contribution is -2.21. The Morgan fingerprint density at radius 1 is 1.06 bits per heavy atom. The van der Waals surface area contributed by atoms with Crippen molar-refractivity contribution in [2.45, 2.75) is 17.8 Å². The van der Waals surface area contributed by atoms with E-state index in [2.05, 4.69) is 10.3 Å². The molecule has 1 N–H and O–H groups in total. The van der Waals surface area contributed by atoms with Crippen LogP contribution >= 0.6 is 45.8 Å². The highest BCUT2D eigenvalue weighted by atomic mass is 32.2. The lowest BCUT2D eigenvalue weighted by molar-refractivity contribution is -0.114. The molecule has 32 heavy (non-hydrogen) atoms. The predicted octanol–water partition coefficient (Wildman–Crippen LogP) is 5.88. The van der Waals surface area contributed by atoms with Crippen LogP contribution in [0.5, 0.6) is 0 Å². The van der Waals surface area contributed by atoms with Gasteiger partial charge < -0.3 is 5.32 Å². The van der Waals surface area contributed by atoms with Crippen molar-refractivity contribution in [3.05, 3.63) is 74.7 Å². The van der Waals surface area contributed by atoms with Crippen molar-refractivity contribution >= 4 is 67.0 Å². The Hall–Kier alpha value is -2.79. The van der Waals surface area contributed by atoms with Crippen LogP contribution in [-0.2, 0) is 10.5 Å². The average molecular weight is 497 g/mol. The smallest absolute Gasteiger partial charge is 0.268 e. The standard InChI is InChI=1S/C22H16N4O2S4/c1-13(27)23-21-24-14(10-31-21)11-32-22-25-19-18(16(12-30-19)17-8-5-9-29-17)20(28)26(22)15-6-3-2-4-7-15/h2-10,12H,11H2,1H3,(H,23,24,27). The number of hydrogen-bond donors (Lipinski definition) is 1. The van der Waals surface area contributed by atoms with E-state index in [1.807, 2.05) is 58.6 Å². The van der Waals surface area contributed by atoms with Gasteiger partial charge in [-0.1, -0.05) is 36.0 Å². The minimum absolute atomic E-state index is 0.0782. The fourth-order valence-corrected chi connectivity index (χ4v) is 6.78. The Morgan fingerprint density at radius 2 is 1.91 bits per heavy atom. The molecule has 1 aromatic carbocycles. The minimum atomic E-state index is -0.150. The molecule has 0 aliphatic carbocycles. The number of para-hydroxylation sites is 1. The molecular weight excluding hydrogens is 481 g/mol. The molecule has 4 aromatic heterocycles. The SMILES string of the molecule is CC(=O)Nc1nc(CSc2nc3scc(-c4cccs4)c3c(=O)n2-c2ccccc2)cs1. The number of aromatic nitrogens is 3. The number of carbonyl (C=O) groups excluding carboxylic acids is 1. The molecule has 1 amide bonds. The zero-order valence-electron chi connectivity index (χ0n) is 16.8. The molecule has 6 nitrogen and oxygen atoms in total. The quantitative estimate of drug-likeness (QED) is 0.235. The number of thiazole rings is 1. The molecule has 0 saturated heterocycles. The average Bonchev–Trinajstić information content (AvgIpc) is 3.53. The summed E-state index contributed by atoms with van der Waals surface area (Å²) in [6, 6.07) is 13.6. The van der Waals surface area contributed by atoms with E-state index in [4.69, 9.17) is 4.98 Å². The molecule has 0 fully saturated rings. The van der Waals surface area contributed by atoms with E-state index in [9.17, 15) is 9.59 Å². The van der Waals surface area contributed by atoms with Gasteiger partial charge in [-0.15, -0.1) is 34.0 Å². The van der Waals surface area contributed by atoms with Crippen molar-refractivity contribution in [2.24, 2.45) is 0 Å². The van der Waals surface area contributed by atoms with E-state index in [1.54, 1.807) is 15.9 Å². The van der Waals surface area contributed by atoms with Crippen LogP contribution in [0.2, 0.25) is 0 Å². The minimum Gasteiger partial charge on any atom is -0.302 e. The fraction of sp³-hybridized carbons (Fsp3) is 0.0909. The third-order valence-corrected chi connectivity index (χ3v) is 8.12. The van der Waals surface area contributed by atoms with Gasteiger partial charge in [0, 0.05) is 33.9 Å². The second kappa shape index (κ2) is 8.99. The monoisotopic (exact) mass is 496 g/mol. The number of amides is 1. The van der Waals surface area contributed by atoms with Gasteiger partial charge in [0.05, 0.1) is 16.8 Å². The Kier molecular flexibility index (Phi) is 5.92. The first-order valence-corrected chi connectivity index (χ1v) is 13.2. The van der Waals surface area contributed by atoms with Crippen LogP contribution in [-0.4, -0.2) is 20.4 Å². The second-order valence-corrected chi connectivity index (χ2v) is 10.4. The second-order valence-electron chi connectivity index (χ2n) is 6.79. The summed E-state index contributed by atoms with van der Waals surface area (Å²) in [6.45, 7) is 1.46. The van der Waals surface area contributed by atoms with Crippen LogP contribution in [0.1, 0.15) is 12.6 Å². The highest BCUT2D eigenvalue weighted by Gasteiger charge is 2.19. The number of rotatable bonds is 6. The van der Waals surface area contributed by atoms with Crippen molar-refractivity contribution in [3.8, 4) is 16.1 Å². The number of anilines is 1. The molecule has 0 spiro atoms. The maximum atomic E-state index is 13.7. The zero-order valence-corrected chi connectivity index (χ0v) is 20.0. The van der Waals surface area contributed by atoms with Gasteiger partial charge in [-0.05, 0) is 23.6 Å². The summed E-state index contributed by atoms with van der Waals surface area (Å²) in [4.78, 5) is 36.1. The molecule has 4 heterocycles. The lowest BCUT2D eigenvalue weighted by atomic mass is 10.2. The van der Waals surface area contributed by atoms with Crippen molar-refractivity contribution in [2.75, 3.05) is 5.32 Å². The molecule has 160 valence electrons. The molecule has 0 aliphatic rings. The molecule has 0 atom stereocenters. The summed E-state index contributed by atoms with van der Waals surface area (Å²) in [5, 5.41) is 10.4. The van der Waals surface area contributed by atoms with Gasteiger partial charge in [0.25, 0.3) is 5.56 Å². The molecule has 0 unspecified atom stereocenters. The number of benzene rings is 1. The highest BCUT2D eigenvalue weighted by molar-refractivity contribution is 7.98. The van der Waals surface area contributed by atoms with Gasteiger partial charge >= 0.3 is 0 Å². The molecule has 0 aliphatic heterocycles. The maximum Gasteiger partial charge on any atom is 0.268 e. The third-order valence-electron chi connectivity index (χ3n) is 4.56. The number of nitrogens with zero attached hydrogens (tertiary/aromatic N) is 3. The van der Waals surface area contributed by atoms with E-state index in [1.165, 1.54) is 41.4 Å². The molecule has 5 aromatic rings. The van der Waals surface area contributed by atoms with Crippen LogP contribution in [0.15, 0.2) is 68.6 Å². The van der Waals surface area contributed by atoms with Gasteiger partial charge in [0.1, 0.15) is 4.83 Å². The topological polar surface area (TPSA) is 76.9 Å². The molecule has 10 heteroatoms. The highest BCUT2D eigenvalue weighted by Crippen LogP contribution is 2.35. The first-order chi connectivity index (χ1) is 15.6. The van der Waals surface area contributed by atoms with Crippen molar-refractivity contribution in [1.29, 1.82) is 0 Å². The number of thiophene rings is 2. The maximum absolute atomic E-state index is 13.7. The van der Waals surface area contributed by atoms with Crippen LogP contribution in [0.25, 0.3) is 26.3 Å². The molecule has 0 radical (unpaired) electrons. The molecule has 5 rings (SSSR count). The van der Waals surface area contributed by atoms with Gasteiger partial charge in [-0.3, -0.25) is 14.2 Å². The van der Waals surface area contributed by atoms with E-state index in [0.717, 1.165) is 26.7 Å². The van der Waals surface area contributed by atoms with Gasteiger partial charge in [-0.25, -0.2) is 9.97 Å². The zero-order chi connectivity index (χ0) is 22.1. The molecule has 0 bridgehead atoms. The third kappa shape index (κ3) is 4.14. The lowest BCUT2D eigenvalue weighted by Gasteiger charge is -2.12. The summed E-state index contributed by atoms with van der Waals surface area (Å²) in [7, 11) is 0. The summed E-state index contributed by atoms with van der Waals surface area (Å²) in [6.07, 6.45) is 0. The van der Waals surface area contributed by atoms with E-state index < -0.39 is 0 Å². The number of hydrogen-bond acceptors (Lipinski definition) is 8. The first-order valence-electron chi connectivity index (χ1n) is 9.58. The summed E-state index contributed by atoms with van der Waals surface area (Å²) < 4.78 is 1.68. The Bertz CT molecular complexity index is 1450. The number of thioether (sulfide) groups is 1. The largest absolute Gasteiger partial charge is 0.302 e. The van der Waals surface area contributed by atoms with Gasteiger partial charge in [0.15, 0.2) is 10.3 Å². The number of nitrogens with one attached hydrogen (secondary N) is 1. The van der Waals surface area contributed by atoms with Crippen LogP contribution in [0.4, 0.5) is 5.13 Å². The van der Waals surface area contributed by atoms with Crippen molar-refractivity contribution in [1.82, 2.24) is 14.5 Å². The van der Waals surface area contributed by atoms with E-state index in [-0.39, 0.29) is 11.5 Å². The number of carbonyl (C=O) groups is 1. The Morgan fingerprint density at radius 3 is 2.66 bits per heavy atom. The van der Waals surface area contributed by atoms with Crippen molar-refractivity contribution in [3.63, 3.8) is 0 Å². The van der Waals surface area contributed by atoms with Gasteiger partial charge in [-0.2, -0.15) is 0 Å². The Balaban J connectivity index is 1.58. The summed E-state index contributed by atoms with van der Waals surface area (Å²) in [5.41, 5.74) is 2.45. The fourth-order valence-electron chi connectivity index (χ4n) is 3.21. The van der Waals surface area contributed by atoms with E-state index >= 15 is 0 Å². The van der Waals surface area contributed by atoms with Crippen LogP contribution in [0.3, 0.4) is 0 Å². The predicted molar refractivity (Wildman–Crippen MR) is 135 cm³/mol. The number of fused-ring (bicyclic) bond motifs is 1. The van der Waals surface area contributed by atoms with Crippen molar-refractivity contribution < 1.29 is 4.79 Å². The summed E-state index contributed by atoms with van der Waals surface area (Å²) >= 11 is 5.93. The summed E-state index contributed by atoms with van der Waals surface area (Å²) in [5.74, 6) is 0.382. The normalized spacial score (nSPS) is 11.2. The van der Waals surface area contributed by atoms with Crippen LogP contribution in [0, 0.1) is 0 Å².